The van der Waals surface area contributed by atoms with Crippen molar-refractivity contribution in [2.45, 2.75) is 38.9 Å². The van der Waals surface area contributed by atoms with Crippen LogP contribution in [0.3, 0.4) is 0 Å². The van der Waals surface area contributed by atoms with Crippen LogP contribution in [0.4, 0.5) is 0 Å². The first-order valence-corrected chi connectivity index (χ1v) is 11.3. The van der Waals surface area contributed by atoms with Crippen LogP contribution in [-0.4, -0.2) is 14.9 Å². The summed E-state index contributed by atoms with van der Waals surface area (Å²) in [4.78, 5) is 0. The van der Waals surface area contributed by atoms with Crippen molar-refractivity contribution in [2.75, 3.05) is 6.61 Å². The van der Waals surface area contributed by atoms with Gasteiger partial charge in [-0.05, 0) is 66.7 Å². The quantitative estimate of drug-likeness (QED) is 0.685. The number of hydrogen-bond donors (Lipinski definition) is 0. The predicted octanol–water partition coefficient (Wildman–Crippen LogP) is 5.12. The van der Waals surface area contributed by atoms with E-state index in [-0.39, 0.29) is 0 Å². The maximum absolute atomic E-state index is 6.02. The van der Waals surface area contributed by atoms with Crippen LogP contribution in [0, 0.1) is 0 Å². The Morgan fingerprint density at radius 3 is 2.71 bits per heavy atom. The molecule has 0 saturated heterocycles. The van der Waals surface area contributed by atoms with E-state index in [1.807, 2.05) is 0 Å². The maximum Gasteiger partial charge on any atom is 0.183 e. The lowest BCUT2D eigenvalue weighted by molar-refractivity contribution is 0.316. The summed E-state index contributed by atoms with van der Waals surface area (Å²) in [5.74, 6) is 0. The largest absolute Gasteiger partial charge is 0.417 e. The Morgan fingerprint density at radius 2 is 1.95 bits per heavy atom. The van der Waals surface area contributed by atoms with Crippen LogP contribution in [0.1, 0.15) is 24.0 Å². The van der Waals surface area contributed by atoms with Gasteiger partial charge in [-0.25, -0.2) is 0 Å². The first kappa shape index (κ1) is 14.5. The van der Waals surface area contributed by atoms with Gasteiger partial charge in [-0.15, -0.1) is 0 Å². The van der Waals surface area contributed by atoms with Gasteiger partial charge < -0.3 is 4.43 Å². The van der Waals surface area contributed by atoms with Gasteiger partial charge in [0, 0.05) is 6.61 Å². The van der Waals surface area contributed by atoms with Crippen molar-refractivity contribution < 1.29 is 4.43 Å². The third kappa shape index (κ3) is 3.45. The molecule has 0 amide bonds. The van der Waals surface area contributed by atoms with Gasteiger partial charge in [-0.2, -0.15) is 0 Å². The molecule has 0 N–H and O–H groups in total. The third-order valence-corrected chi connectivity index (χ3v) is 5.16. The summed E-state index contributed by atoms with van der Waals surface area (Å²) in [5.41, 5.74) is 7.37. The molecule has 110 valence electrons. The predicted molar refractivity (Wildman–Crippen MR) is 92.8 cm³/mol. The van der Waals surface area contributed by atoms with Crippen LogP contribution < -0.4 is 0 Å². The molecule has 0 atom stereocenters. The Hall–Kier alpha value is -1.38. The molecule has 0 aliphatic heterocycles. The van der Waals surface area contributed by atoms with Gasteiger partial charge >= 0.3 is 0 Å². The summed E-state index contributed by atoms with van der Waals surface area (Å²) in [6.07, 6.45) is 10.2. The second kappa shape index (κ2) is 5.78. The van der Waals surface area contributed by atoms with E-state index in [9.17, 15) is 0 Å². The standard InChI is InChI=1S/C19H24OSi/c1-21(2,3)20-12-11-15-9-6-10-19(15)18-13-16-7-4-5-8-17(16)14-18/h4-9,13H,10-12,14H2,1-3H3. The fourth-order valence-corrected chi connectivity index (χ4v) is 3.78. The summed E-state index contributed by atoms with van der Waals surface area (Å²) in [7, 11) is -1.40. The second-order valence-electron chi connectivity index (χ2n) is 6.87. The SMILES string of the molecule is C[Si](C)(C)OCCC1=C(C2=Cc3ccccc3C2)CC=C1. The first-order valence-electron chi connectivity index (χ1n) is 7.84. The zero-order valence-electron chi connectivity index (χ0n) is 13.3. The topological polar surface area (TPSA) is 9.23 Å². The highest BCUT2D eigenvalue weighted by molar-refractivity contribution is 6.69. The molecule has 0 fully saturated rings. The molecule has 1 aromatic carbocycles. The average Bonchev–Trinajstić information content (AvgIpc) is 3.02. The van der Waals surface area contributed by atoms with Gasteiger partial charge in [0.1, 0.15) is 0 Å². The van der Waals surface area contributed by atoms with E-state index < -0.39 is 8.32 Å². The molecule has 1 nitrogen and oxygen atoms in total. The molecule has 0 bridgehead atoms. The second-order valence-corrected chi connectivity index (χ2v) is 11.4. The number of fused-ring (bicyclic) bond motifs is 1. The van der Waals surface area contributed by atoms with Gasteiger partial charge in [-0.3, -0.25) is 0 Å². The molecule has 2 aliphatic carbocycles. The van der Waals surface area contributed by atoms with E-state index in [4.69, 9.17) is 4.43 Å². The van der Waals surface area contributed by atoms with E-state index in [0.29, 0.717) is 0 Å². The number of benzene rings is 1. The molecule has 3 rings (SSSR count). The molecule has 0 aromatic heterocycles. The van der Waals surface area contributed by atoms with E-state index in [2.05, 4.69) is 62.1 Å². The summed E-state index contributed by atoms with van der Waals surface area (Å²) in [6, 6.07) is 8.73. The van der Waals surface area contributed by atoms with Crippen molar-refractivity contribution in [3.05, 3.63) is 64.3 Å². The Bertz CT molecular complexity index is 629. The normalized spacial score (nSPS) is 17.4. The third-order valence-electron chi connectivity index (χ3n) is 4.09. The lowest BCUT2D eigenvalue weighted by Gasteiger charge is -2.17. The molecule has 0 spiro atoms. The van der Waals surface area contributed by atoms with E-state index in [1.54, 1.807) is 0 Å². The highest BCUT2D eigenvalue weighted by Crippen LogP contribution is 2.36. The van der Waals surface area contributed by atoms with Gasteiger partial charge in [0.05, 0.1) is 0 Å². The Kier molecular flexibility index (Phi) is 4.00. The van der Waals surface area contributed by atoms with Gasteiger partial charge in [0.2, 0.25) is 0 Å². The van der Waals surface area contributed by atoms with Crippen LogP contribution in [-0.2, 0) is 10.8 Å². The van der Waals surface area contributed by atoms with Crippen LogP contribution in [0.15, 0.2) is 53.1 Å². The van der Waals surface area contributed by atoms with Gasteiger partial charge in [-0.1, -0.05) is 42.5 Å². The molecule has 21 heavy (non-hydrogen) atoms. The summed E-state index contributed by atoms with van der Waals surface area (Å²) in [6.45, 7) is 7.62. The zero-order chi connectivity index (χ0) is 14.9. The Labute approximate surface area is 129 Å². The minimum atomic E-state index is -1.40. The van der Waals surface area contributed by atoms with Crippen molar-refractivity contribution in [3.8, 4) is 0 Å². The van der Waals surface area contributed by atoms with Crippen molar-refractivity contribution in [3.63, 3.8) is 0 Å². The van der Waals surface area contributed by atoms with Crippen LogP contribution in [0.5, 0.6) is 0 Å². The summed E-state index contributed by atoms with van der Waals surface area (Å²) < 4.78 is 6.02. The summed E-state index contributed by atoms with van der Waals surface area (Å²) in [5, 5.41) is 0. The molecular formula is C19H24OSi. The molecule has 0 unspecified atom stereocenters. The molecule has 0 saturated carbocycles. The molecule has 0 heterocycles. The van der Waals surface area contributed by atoms with Gasteiger partial charge in [0.25, 0.3) is 0 Å². The fourth-order valence-electron chi connectivity index (χ4n) is 3.06. The maximum atomic E-state index is 6.02. The van der Waals surface area contributed by atoms with Crippen LogP contribution >= 0.6 is 0 Å². The fraction of sp³-hybridized carbons (Fsp3) is 0.368. The zero-order valence-corrected chi connectivity index (χ0v) is 14.3. The minimum absolute atomic E-state index is 0.860. The van der Waals surface area contributed by atoms with E-state index in [1.165, 1.54) is 27.8 Å². The first-order chi connectivity index (χ1) is 10.0. The molecule has 2 aliphatic rings. The molecule has 1 aromatic rings. The number of allylic oxidation sites excluding steroid dienone is 4. The van der Waals surface area contributed by atoms with Crippen molar-refractivity contribution in [1.82, 2.24) is 0 Å². The van der Waals surface area contributed by atoms with Crippen LogP contribution in [0.2, 0.25) is 19.6 Å². The highest BCUT2D eigenvalue weighted by atomic mass is 28.4. The number of hydrogen-bond acceptors (Lipinski definition) is 1. The lowest BCUT2D eigenvalue weighted by atomic mass is 9.98. The van der Waals surface area contributed by atoms with Crippen LogP contribution in [0.25, 0.3) is 6.08 Å². The molecule has 2 heteroatoms. The van der Waals surface area contributed by atoms with Crippen molar-refractivity contribution in [1.29, 1.82) is 0 Å². The summed E-state index contributed by atoms with van der Waals surface area (Å²) >= 11 is 0. The Morgan fingerprint density at radius 1 is 1.14 bits per heavy atom. The van der Waals surface area contributed by atoms with Crippen molar-refractivity contribution in [2.24, 2.45) is 0 Å². The monoisotopic (exact) mass is 296 g/mol. The smallest absolute Gasteiger partial charge is 0.183 e. The highest BCUT2D eigenvalue weighted by Gasteiger charge is 2.20. The van der Waals surface area contributed by atoms with E-state index >= 15 is 0 Å². The Balaban J connectivity index is 1.72. The molecule has 0 radical (unpaired) electrons. The average molecular weight is 296 g/mol. The lowest BCUT2D eigenvalue weighted by Crippen LogP contribution is -2.25. The number of rotatable bonds is 5. The minimum Gasteiger partial charge on any atom is -0.417 e. The van der Waals surface area contributed by atoms with E-state index in [0.717, 1.165) is 25.9 Å². The van der Waals surface area contributed by atoms with Crippen molar-refractivity contribution >= 4 is 14.4 Å². The van der Waals surface area contributed by atoms with Gasteiger partial charge in [0.15, 0.2) is 8.32 Å². The molecular weight excluding hydrogens is 272 g/mol.